The first-order chi connectivity index (χ1) is 13.8. The monoisotopic (exact) mass is 383 g/mol. The zero-order valence-corrected chi connectivity index (χ0v) is 16.4. The van der Waals surface area contributed by atoms with Crippen molar-refractivity contribution in [3.05, 3.63) is 41.6 Å². The van der Waals surface area contributed by atoms with Gasteiger partial charge in [0.25, 0.3) is 0 Å². The molecule has 0 radical (unpaired) electrons. The number of nitrogens with one attached hydrogen (secondary N) is 1. The number of hydrogen-bond donors (Lipinski definition) is 1. The highest BCUT2D eigenvalue weighted by Crippen LogP contribution is 2.55. The topological polar surface area (TPSA) is 50.1 Å². The minimum atomic E-state index is 0.0289. The van der Waals surface area contributed by atoms with Crippen LogP contribution in [0.4, 0.5) is 0 Å². The van der Waals surface area contributed by atoms with Gasteiger partial charge in [-0.25, -0.2) is 4.84 Å². The summed E-state index contributed by atoms with van der Waals surface area (Å²) in [5, 5.41) is 1.92. The summed E-state index contributed by atoms with van der Waals surface area (Å²) in [5.74, 6) is 2.58. The van der Waals surface area contributed by atoms with Crippen molar-refractivity contribution in [3.8, 4) is 0 Å². The van der Waals surface area contributed by atoms with Crippen molar-refractivity contribution < 1.29 is 14.0 Å². The van der Waals surface area contributed by atoms with Crippen LogP contribution in [-0.2, 0) is 16.1 Å². The van der Waals surface area contributed by atoms with Crippen molar-refractivity contribution in [2.24, 2.45) is 11.8 Å². The maximum absolute atomic E-state index is 6.49. The van der Waals surface area contributed by atoms with Gasteiger partial charge in [0.1, 0.15) is 11.4 Å². The van der Waals surface area contributed by atoms with Crippen LogP contribution in [0.3, 0.4) is 0 Å². The second kappa shape index (κ2) is 6.65. The van der Waals surface area contributed by atoms with E-state index in [2.05, 4.69) is 22.5 Å². The Labute approximate surface area is 166 Å². The summed E-state index contributed by atoms with van der Waals surface area (Å²) in [6, 6.07) is 2.17. The third-order valence-corrected chi connectivity index (χ3v) is 7.37. The highest BCUT2D eigenvalue weighted by atomic mass is 16.7. The minimum Gasteiger partial charge on any atom is -0.467 e. The molecule has 4 heterocycles. The molecule has 7 rings (SSSR count). The molecule has 1 aromatic heterocycles. The number of rotatable bonds is 3. The lowest BCUT2D eigenvalue weighted by Gasteiger charge is -2.48. The molecule has 6 heteroatoms. The average Bonchev–Trinajstić information content (AvgIpc) is 3.33. The zero-order chi connectivity index (χ0) is 18.6. The molecular weight excluding hydrogens is 354 g/mol. The van der Waals surface area contributed by atoms with Crippen molar-refractivity contribution in [1.82, 2.24) is 15.5 Å². The van der Waals surface area contributed by atoms with Crippen molar-refractivity contribution in [3.63, 3.8) is 0 Å². The molecule has 1 atom stereocenters. The number of nitrogens with zero attached hydrogens (tertiary/aromatic N) is 2. The smallest absolute Gasteiger partial charge is 0.118 e. The van der Waals surface area contributed by atoms with Gasteiger partial charge in [0.05, 0.1) is 31.7 Å². The van der Waals surface area contributed by atoms with Gasteiger partial charge in [0, 0.05) is 36.8 Å². The van der Waals surface area contributed by atoms with Gasteiger partial charge in [-0.1, -0.05) is 0 Å². The maximum atomic E-state index is 6.49. The van der Waals surface area contributed by atoms with Gasteiger partial charge in [-0.2, -0.15) is 5.17 Å². The van der Waals surface area contributed by atoms with Gasteiger partial charge in [-0.05, 0) is 56.1 Å². The molecule has 1 spiro atoms. The fourth-order valence-corrected chi connectivity index (χ4v) is 5.86. The fraction of sp³-hybridized carbons (Fsp3) is 0.636. The number of hydroxylamine groups is 1. The van der Waals surface area contributed by atoms with E-state index in [0.717, 1.165) is 56.5 Å². The average molecular weight is 383 g/mol. The second-order valence-corrected chi connectivity index (χ2v) is 9.10. The summed E-state index contributed by atoms with van der Waals surface area (Å²) >= 11 is 0. The van der Waals surface area contributed by atoms with Crippen LogP contribution in [0.15, 0.2) is 34.7 Å². The predicted molar refractivity (Wildman–Crippen MR) is 104 cm³/mol. The van der Waals surface area contributed by atoms with Crippen LogP contribution in [0.2, 0.25) is 0 Å². The van der Waals surface area contributed by atoms with Gasteiger partial charge in [0.15, 0.2) is 0 Å². The molecule has 2 saturated heterocycles. The Balaban J connectivity index is 1.17. The number of morpholine rings is 1. The Morgan fingerprint density at radius 1 is 1.14 bits per heavy atom. The van der Waals surface area contributed by atoms with Crippen LogP contribution in [-0.4, -0.2) is 42.0 Å². The van der Waals surface area contributed by atoms with Crippen molar-refractivity contribution >= 4 is 5.57 Å². The van der Waals surface area contributed by atoms with Crippen molar-refractivity contribution in [1.29, 1.82) is 0 Å². The number of hydrogen-bond acceptors (Lipinski definition) is 6. The summed E-state index contributed by atoms with van der Waals surface area (Å²) in [5.41, 5.74) is 6.95. The summed E-state index contributed by atoms with van der Waals surface area (Å²) < 4.78 is 11.3. The van der Waals surface area contributed by atoms with E-state index in [9.17, 15) is 0 Å². The lowest BCUT2D eigenvalue weighted by atomic mass is 9.61. The predicted octanol–water partition coefficient (Wildman–Crippen LogP) is 3.44. The first-order valence-corrected chi connectivity index (χ1v) is 10.8. The van der Waals surface area contributed by atoms with Crippen LogP contribution in [0, 0.1) is 11.8 Å². The number of fused-ring (bicyclic) bond motifs is 3. The third-order valence-electron chi connectivity index (χ3n) is 7.37. The lowest BCUT2D eigenvalue weighted by molar-refractivity contribution is -0.247. The standard InChI is InChI=1S/C22H29N3O3/c1-3-19-4-2-16(1)11-22(19)12-20-9-17(13-23-25(20)28-22)18-10-21(27-15-18)14-24-5-7-26-8-6-24/h9-10,13,15-16,19,23H,1-8,11-12,14H2/t16-,19+,22-/m1/s1. The molecule has 3 aliphatic carbocycles. The number of furan rings is 1. The summed E-state index contributed by atoms with van der Waals surface area (Å²) in [7, 11) is 0. The van der Waals surface area contributed by atoms with E-state index in [1.165, 1.54) is 43.4 Å². The summed E-state index contributed by atoms with van der Waals surface area (Å²) in [6.07, 6.45) is 13.9. The molecule has 6 aliphatic rings. The molecule has 3 saturated carbocycles. The van der Waals surface area contributed by atoms with E-state index in [1.807, 2.05) is 17.6 Å². The molecule has 1 N–H and O–H groups in total. The summed E-state index contributed by atoms with van der Waals surface area (Å²) in [6.45, 7) is 4.42. The Hall–Kier alpha value is -1.76. The Bertz CT molecular complexity index is 802. The largest absolute Gasteiger partial charge is 0.467 e. The van der Waals surface area contributed by atoms with Crippen molar-refractivity contribution in [2.45, 2.75) is 50.7 Å². The molecule has 150 valence electrons. The Kier molecular flexibility index (Phi) is 4.07. The van der Waals surface area contributed by atoms with Gasteiger partial charge >= 0.3 is 0 Å². The second-order valence-electron chi connectivity index (χ2n) is 9.10. The van der Waals surface area contributed by atoms with Crippen LogP contribution in [0.25, 0.3) is 5.57 Å². The van der Waals surface area contributed by atoms with Crippen molar-refractivity contribution in [2.75, 3.05) is 26.3 Å². The maximum Gasteiger partial charge on any atom is 0.118 e. The molecular formula is C22H29N3O3. The Morgan fingerprint density at radius 3 is 2.79 bits per heavy atom. The Morgan fingerprint density at radius 2 is 2.00 bits per heavy atom. The van der Waals surface area contributed by atoms with E-state index in [0.29, 0.717) is 5.92 Å². The van der Waals surface area contributed by atoms with E-state index < -0.39 is 0 Å². The molecule has 0 aromatic carbocycles. The normalized spacial score (nSPS) is 34.9. The van der Waals surface area contributed by atoms with Gasteiger partial charge in [0.2, 0.25) is 0 Å². The molecule has 3 aliphatic heterocycles. The van der Waals surface area contributed by atoms with E-state index in [-0.39, 0.29) is 5.60 Å². The van der Waals surface area contributed by atoms with E-state index in [4.69, 9.17) is 14.0 Å². The number of ether oxygens (including phenoxy) is 1. The molecule has 28 heavy (non-hydrogen) atoms. The summed E-state index contributed by atoms with van der Waals surface area (Å²) in [4.78, 5) is 8.87. The van der Waals surface area contributed by atoms with Gasteiger partial charge < -0.3 is 9.15 Å². The van der Waals surface area contributed by atoms with Crippen LogP contribution in [0.5, 0.6) is 0 Å². The van der Waals surface area contributed by atoms with Gasteiger partial charge in [-0.3, -0.25) is 10.3 Å². The molecule has 6 nitrogen and oxygen atoms in total. The number of hydrazine groups is 1. The molecule has 2 bridgehead atoms. The molecule has 5 fully saturated rings. The first kappa shape index (κ1) is 17.1. The SMILES string of the molecule is C1=C(c2coc(CN3CCOCC3)c2)C=C2C[C@@]3(C[C@H]4CC[C@@H]3CC4)ON2N1. The minimum absolute atomic E-state index is 0.0289. The highest BCUT2D eigenvalue weighted by Gasteiger charge is 2.54. The molecule has 0 unspecified atom stereocenters. The highest BCUT2D eigenvalue weighted by molar-refractivity contribution is 5.74. The molecule has 1 aromatic rings. The first-order valence-electron chi connectivity index (χ1n) is 10.8. The van der Waals surface area contributed by atoms with E-state index >= 15 is 0 Å². The van der Waals surface area contributed by atoms with Crippen LogP contribution < -0.4 is 5.43 Å². The van der Waals surface area contributed by atoms with E-state index in [1.54, 1.807) is 0 Å². The quantitative estimate of drug-likeness (QED) is 0.863. The fourth-order valence-electron chi connectivity index (χ4n) is 5.86. The van der Waals surface area contributed by atoms with Gasteiger partial charge in [-0.15, -0.1) is 0 Å². The zero-order valence-electron chi connectivity index (χ0n) is 16.4. The van der Waals surface area contributed by atoms with Crippen LogP contribution in [0.1, 0.15) is 49.8 Å². The molecule has 0 amide bonds. The number of allylic oxidation sites excluding steroid dienone is 2. The third kappa shape index (κ3) is 2.90. The van der Waals surface area contributed by atoms with Crippen LogP contribution >= 0.6 is 0 Å². The lowest BCUT2D eigenvalue weighted by Crippen LogP contribution is -2.48.